The Morgan fingerprint density at radius 2 is 2.20 bits per heavy atom. The number of rotatable bonds is 4. The average molecular weight is 287 g/mol. The van der Waals surface area contributed by atoms with Crippen molar-refractivity contribution in [3.05, 3.63) is 40.5 Å². The minimum Gasteiger partial charge on any atom is -0.362 e. The highest BCUT2D eigenvalue weighted by atomic mass is 32.1. The van der Waals surface area contributed by atoms with Crippen LogP contribution in [0, 0.1) is 12.8 Å². The molecule has 0 aromatic carbocycles. The van der Waals surface area contributed by atoms with Gasteiger partial charge in [0.05, 0.1) is 6.04 Å². The first-order valence-electron chi connectivity index (χ1n) is 6.62. The summed E-state index contributed by atoms with van der Waals surface area (Å²) in [6.07, 6.45) is 1.53. The minimum atomic E-state index is 0.254. The zero-order chi connectivity index (χ0) is 14.1. The van der Waals surface area contributed by atoms with Crippen molar-refractivity contribution >= 4 is 22.9 Å². The second kappa shape index (κ2) is 5.20. The van der Waals surface area contributed by atoms with E-state index in [0.29, 0.717) is 11.7 Å². The zero-order valence-electron chi connectivity index (χ0n) is 11.7. The first-order chi connectivity index (χ1) is 9.65. The number of aryl methyl sites for hydroxylation is 1. The van der Waals surface area contributed by atoms with Crippen molar-refractivity contribution in [1.29, 1.82) is 0 Å². The monoisotopic (exact) mass is 287 g/mol. The molecule has 1 unspecified atom stereocenters. The molecule has 20 heavy (non-hydrogen) atoms. The van der Waals surface area contributed by atoms with Gasteiger partial charge in [-0.1, -0.05) is 19.9 Å². The van der Waals surface area contributed by atoms with Crippen molar-refractivity contribution in [1.82, 2.24) is 19.6 Å². The molecule has 0 bridgehead atoms. The van der Waals surface area contributed by atoms with Crippen molar-refractivity contribution in [3.8, 4) is 0 Å². The van der Waals surface area contributed by atoms with E-state index in [1.54, 1.807) is 15.9 Å². The SMILES string of the molecule is Cc1cc(NC(c2cccs2)C(C)C)n2ncnc2n1. The number of aromatic nitrogens is 4. The van der Waals surface area contributed by atoms with E-state index < -0.39 is 0 Å². The molecule has 0 aliphatic rings. The van der Waals surface area contributed by atoms with Crippen molar-refractivity contribution in [2.75, 3.05) is 5.32 Å². The number of fused-ring (bicyclic) bond motifs is 1. The fraction of sp³-hybridized carbons (Fsp3) is 0.357. The van der Waals surface area contributed by atoms with E-state index in [1.807, 2.05) is 13.0 Å². The lowest BCUT2D eigenvalue weighted by Crippen LogP contribution is -2.18. The summed E-state index contributed by atoms with van der Waals surface area (Å²) in [4.78, 5) is 9.84. The van der Waals surface area contributed by atoms with Crippen molar-refractivity contribution in [2.24, 2.45) is 5.92 Å². The lowest BCUT2D eigenvalue weighted by Gasteiger charge is -2.22. The van der Waals surface area contributed by atoms with E-state index in [-0.39, 0.29) is 6.04 Å². The Hall–Kier alpha value is -1.95. The highest BCUT2D eigenvalue weighted by Gasteiger charge is 2.18. The van der Waals surface area contributed by atoms with Gasteiger partial charge in [0.2, 0.25) is 0 Å². The van der Waals surface area contributed by atoms with Gasteiger partial charge in [-0.25, -0.2) is 4.98 Å². The molecule has 3 aromatic rings. The van der Waals surface area contributed by atoms with Crippen molar-refractivity contribution in [3.63, 3.8) is 0 Å². The maximum absolute atomic E-state index is 4.36. The van der Waals surface area contributed by atoms with E-state index in [1.165, 1.54) is 11.2 Å². The Balaban J connectivity index is 2.00. The van der Waals surface area contributed by atoms with Gasteiger partial charge in [0.15, 0.2) is 0 Å². The third-order valence-electron chi connectivity index (χ3n) is 3.20. The lowest BCUT2D eigenvalue weighted by atomic mass is 10.0. The Morgan fingerprint density at radius 3 is 2.90 bits per heavy atom. The highest BCUT2D eigenvalue weighted by molar-refractivity contribution is 7.10. The van der Waals surface area contributed by atoms with Gasteiger partial charge in [0.1, 0.15) is 12.1 Å². The van der Waals surface area contributed by atoms with Crippen LogP contribution in [0.15, 0.2) is 29.9 Å². The summed E-state index contributed by atoms with van der Waals surface area (Å²) in [5, 5.41) is 9.93. The minimum absolute atomic E-state index is 0.254. The third kappa shape index (κ3) is 2.38. The van der Waals surface area contributed by atoms with E-state index in [0.717, 1.165) is 11.5 Å². The fourth-order valence-electron chi connectivity index (χ4n) is 2.23. The summed E-state index contributed by atoms with van der Waals surface area (Å²) in [5.41, 5.74) is 0.932. The molecule has 1 N–H and O–H groups in total. The van der Waals surface area contributed by atoms with Crippen LogP contribution in [0.4, 0.5) is 5.82 Å². The number of nitrogens with one attached hydrogen (secondary N) is 1. The standard InChI is InChI=1S/C14H17N5S/c1-9(2)13(11-5-4-6-20-11)18-12-7-10(3)17-14-15-8-16-19(12)14/h4-9,13,18H,1-3H3. The van der Waals surface area contributed by atoms with Crippen LogP contribution in [0.3, 0.4) is 0 Å². The Bertz CT molecular complexity index is 702. The molecule has 0 aliphatic heterocycles. The fourth-order valence-corrected chi connectivity index (χ4v) is 3.18. The Labute approximate surface area is 121 Å². The number of nitrogens with zero attached hydrogens (tertiary/aromatic N) is 4. The maximum atomic E-state index is 4.36. The molecule has 0 amide bonds. The van der Waals surface area contributed by atoms with Crippen LogP contribution < -0.4 is 5.32 Å². The van der Waals surface area contributed by atoms with Gasteiger partial charge in [-0.2, -0.15) is 14.6 Å². The second-order valence-corrected chi connectivity index (χ2v) is 6.12. The van der Waals surface area contributed by atoms with Crippen molar-refractivity contribution < 1.29 is 0 Å². The number of anilines is 1. The lowest BCUT2D eigenvalue weighted by molar-refractivity contribution is 0.550. The number of thiophene rings is 1. The molecule has 3 heterocycles. The summed E-state index contributed by atoms with van der Waals surface area (Å²) in [5.74, 6) is 2.03. The van der Waals surface area contributed by atoms with Crippen LogP contribution in [0.1, 0.15) is 30.5 Å². The van der Waals surface area contributed by atoms with E-state index in [2.05, 4.69) is 51.7 Å². The van der Waals surface area contributed by atoms with Crippen molar-refractivity contribution in [2.45, 2.75) is 26.8 Å². The van der Waals surface area contributed by atoms with Gasteiger partial charge < -0.3 is 5.32 Å². The maximum Gasteiger partial charge on any atom is 0.254 e. The van der Waals surface area contributed by atoms with Crippen LogP contribution in [0.25, 0.3) is 5.78 Å². The summed E-state index contributed by atoms with van der Waals surface area (Å²) in [6, 6.07) is 6.50. The topological polar surface area (TPSA) is 55.1 Å². The van der Waals surface area contributed by atoms with Gasteiger partial charge in [-0.05, 0) is 24.3 Å². The van der Waals surface area contributed by atoms with Gasteiger partial charge >= 0.3 is 0 Å². The quantitative estimate of drug-likeness (QED) is 0.800. The number of hydrogen-bond acceptors (Lipinski definition) is 5. The zero-order valence-corrected chi connectivity index (χ0v) is 12.6. The first kappa shape index (κ1) is 13.1. The summed E-state index contributed by atoms with van der Waals surface area (Å²) >= 11 is 1.77. The molecule has 0 saturated heterocycles. The third-order valence-corrected chi connectivity index (χ3v) is 4.16. The summed E-state index contributed by atoms with van der Waals surface area (Å²) in [7, 11) is 0. The van der Waals surface area contributed by atoms with Gasteiger partial charge in [0, 0.05) is 16.6 Å². The largest absolute Gasteiger partial charge is 0.362 e. The van der Waals surface area contributed by atoms with E-state index >= 15 is 0 Å². The van der Waals surface area contributed by atoms with E-state index in [4.69, 9.17) is 0 Å². The molecule has 5 nitrogen and oxygen atoms in total. The first-order valence-corrected chi connectivity index (χ1v) is 7.50. The van der Waals surface area contributed by atoms with Gasteiger partial charge in [0.25, 0.3) is 5.78 Å². The van der Waals surface area contributed by atoms with Crippen LogP contribution in [-0.4, -0.2) is 19.6 Å². The van der Waals surface area contributed by atoms with Gasteiger partial charge in [-0.15, -0.1) is 11.3 Å². The van der Waals surface area contributed by atoms with Gasteiger partial charge in [-0.3, -0.25) is 0 Å². The van der Waals surface area contributed by atoms with Crippen LogP contribution in [-0.2, 0) is 0 Å². The number of hydrogen-bond donors (Lipinski definition) is 1. The Morgan fingerprint density at radius 1 is 1.35 bits per heavy atom. The van der Waals surface area contributed by atoms with Crippen LogP contribution in [0.5, 0.6) is 0 Å². The normalized spacial score (nSPS) is 13.0. The van der Waals surface area contributed by atoms with Crippen LogP contribution >= 0.6 is 11.3 Å². The molecule has 0 spiro atoms. The summed E-state index contributed by atoms with van der Waals surface area (Å²) in [6.45, 7) is 6.39. The molecule has 3 aromatic heterocycles. The predicted molar refractivity (Wildman–Crippen MR) is 81.0 cm³/mol. The molecule has 104 valence electrons. The molecule has 1 atom stereocenters. The molecular weight excluding hydrogens is 270 g/mol. The van der Waals surface area contributed by atoms with E-state index in [9.17, 15) is 0 Å². The second-order valence-electron chi connectivity index (χ2n) is 5.14. The molecule has 3 rings (SSSR count). The molecule has 0 fully saturated rings. The highest BCUT2D eigenvalue weighted by Crippen LogP contribution is 2.29. The molecule has 0 aliphatic carbocycles. The molecule has 0 radical (unpaired) electrons. The summed E-state index contributed by atoms with van der Waals surface area (Å²) < 4.78 is 1.75. The predicted octanol–water partition coefficient (Wildman–Crippen LogP) is 3.30. The van der Waals surface area contributed by atoms with Crippen LogP contribution in [0.2, 0.25) is 0 Å². The molecule has 0 saturated carbocycles. The molecular formula is C14H17N5S. The Kier molecular flexibility index (Phi) is 3.40. The molecule has 6 heteroatoms. The smallest absolute Gasteiger partial charge is 0.254 e. The average Bonchev–Trinajstić information content (AvgIpc) is 3.05.